The lowest BCUT2D eigenvalue weighted by molar-refractivity contribution is -0.244. The van der Waals surface area contributed by atoms with Crippen molar-refractivity contribution in [2.75, 3.05) is 18.0 Å². The van der Waals surface area contributed by atoms with Gasteiger partial charge in [0.1, 0.15) is 24.3 Å². The average molecular weight is 581 g/mol. The van der Waals surface area contributed by atoms with E-state index in [-0.39, 0.29) is 0 Å². The minimum atomic E-state index is -4.48. The Kier molecular flexibility index (Phi) is 8.52. The first-order valence-electron chi connectivity index (χ1n) is 13.9. The number of sulfonamides is 1. The molecular weight excluding hydrogens is 544 g/mol. The Morgan fingerprint density at radius 2 is 1.76 bits per heavy atom. The molecule has 2 aliphatic rings. The maximum absolute atomic E-state index is 13.1. The zero-order chi connectivity index (χ0) is 29.3. The minimum absolute atomic E-state index is 0.310. The molecule has 0 amide bonds. The quantitative estimate of drug-likeness (QED) is 0.312. The predicted octanol–water partition coefficient (Wildman–Crippen LogP) is 2.84. The molecule has 0 radical (unpaired) electrons. The van der Waals surface area contributed by atoms with Crippen molar-refractivity contribution < 1.29 is 28.5 Å². The number of allylic oxidation sites excluding steroid dienone is 1. The van der Waals surface area contributed by atoms with E-state index >= 15 is 0 Å². The molecule has 2 aromatic carbocycles. The monoisotopic (exact) mass is 580 g/mol. The molecule has 11 heteroatoms. The van der Waals surface area contributed by atoms with Gasteiger partial charge in [0.2, 0.25) is 0 Å². The molecule has 0 saturated carbocycles. The molecule has 1 aromatic heterocycles. The van der Waals surface area contributed by atoms with Crippen molar-refractivity contribution in [2.45, 2.75) is 63.3 Å². The van der Waals surface area contributed by atoms with Gasteiger partial charge < -0.3 is 29.5 Å². The molecule has 0 spiro atoms. The highest BCUT2D eigenvalue weighted by Gasteiger charge is 2.45. The van der Waals surface area contributed by atoms with Gasteiger partial charge in [-0.15, -0.1) is 0 Å². The molecule has 41 heavy (non-hydrogen) atoms. The number of anilines is 1. The Hall–Kier alpha value is -3.24. The maximum Gasteiger partial charge on any atom is 0.251 e. The number of hydrogen-bond acceptors (Lipinski definition) is 8. The summed E-state index contributed by atoms with van der Waals surface area (Å²) in [5.74, 6) is 0. The van der Waals surface area contributed by atoms with Gasteiger partial charge in [-0.1, -0.05) is 25.1 Å². The van der Waals surface area contributed by atoms with Crippen molar-refractivity contribution in [3.8, 4) is 17.3 Å². The first-order valence-corrected chi connectivity index (χ1v) is 15.4. The van der Waals surface area contributed by atoms with Crippen LogP contribution in [0.25, 0.3) is 28.1 Å². The fourth-order valence-corrected chi connectivity index (χ4v) is 6.80. The number of aromatic nitrogens is 1. The van der Waals surface area contributed by atoms with E-state index in [9.17, 15) is 29.0 Å². The molecule has 1 unspecified atom stereocenters. The summed E-state index contributed by atoms with van der Waals surface area (Å²) in [5.41, 5.74) is 3.47. The molecule has 2 fully saturated rings. The van der Waals surface area contributed by atoms with Crippen LogP contribution in [0.4, 0.5) is 5.69 Å². The molecule has 0 aliphatic carbocycles. The van der Waals surface area contributed by atoms with Gasteiger partial charge in [0.05, 0.1) is 6.10 Å². The van der Waals surface area contributed by atoms with E-state index in [0.717, 1.165) is 35.1 Å². The lowest BCUT2D eigenvalue weighted by Gasteiger charge is -2.40. The third-order valence-electron chi connectivity index (χ3n) is 8.09. The Morgan fingerprint density at radius 1 is 1.05 bits per heavy atom. The summed E-state index contributed by atoms with van der Waals surface area (Å²) in [6.45, 7) is 3.86. The van der Waals surface area contributed by atoms with E-state index < -0.39 is 45.6 Å². The summed E-state index contributed by atoms with van der Waals surface area (Å²) in [6, 6.07) is 16.4. The molecule has 0 bridgehead atoms. The van der Waals surface area contributed by atoms with Gasteiger partial charge in [0, 0.05) is 37.2 Å². The zero-order valence-corrected chi connectivity index (χ0v) is 24.0. The van der Waals surface area contributed by atoms with E-state index in [0.29, 0.717) is 12.1 Å². The highest BCUT2D eigenvalue weighted by Crippen LogP contribution is 2.30. The van der Waals surface area contributed by atoms with Gasteiger partial charge >= 0.3 is 0 Å². The number of nitriles is 1. The number of benzene rings is 2. The zero-order valence-electron chi connectivity index (χ0n) is 23.1. The molecule has 2 saturated heterocycles. The molecule has 3 aromatic rings. The third-order valence-corrected chi connectivity index (χ3v) is 9.46. The summed E-state index contributed by atoms with van der Waals surface area (Å²) in [6.07, 6.45) is -0.315. The number of nitrogens with zero attached hydrogens (tertiary/aromatic N) is 3. The number of piperidine rings is 1. The molecule has 5 rings (SSSR count). The predicted molar refractivity (Wildman–Crippen MR) is 157 cm³/mol. The third kappa shape index (κ3) is 5.90. The molecule has 3 heterocycles. The van der Waals surface area contributed by atoms with Crippen LogP contribution in [0.3, 0.4) is 0 Å². The lowest BCUT2D eigenvalue weighted by atomic mass is 9.96. The minimum Gasteiger partial charge on any atom is -0.388 e. The lowest BCUT2D eigenvalue weighted by Crippen LogP contribution is -2.63. The first kappa shape index (κ1) is 29.3. The Labute approximate surface area is 240 Å². The van der Waals surface area contributed by atoms with Crippen LogP contribution in [0.15, 0.2) is 53.4 Å². The molecule has 10 nitrogen and oxygen atoms in total. The first-order chi connectivity index (χ1) is 19.6. The van der Waals surface area contributed by atoms with Crippen LogP contribution < -0.4 is 9.62 Å². The fourth-order valence-electron chi connectivity index (χ4n) is 5.66. The van der Waals surface area contributed by atoms with Gasteiger partial charge in [-0.05, 0) is 78.4 Å². The molecule has 5 atom stereocenters. The fraction of sp³-hybridized carbons (Fsp3) is 0.433. The SMILES string of the molecule is CC[C@H]1OC(O)[C@H](NS(=O)(=O)/C(C#N)=C/c2ccc(-c3ccc4cc(N5CCCCC5)ccc4c3)n2C)[C@@H](O)[C@@H]1O. The number of rotatable bonds is 7. The number of hydrogen-bond donors (Lipinski definition) is 4. The van der Waals surface area contributed by atoms with Crippen molar-refractivity contribution in [3.63, 3.8) is 0 Å². The van der Waals surface area contributed by atoms with E-state index in [1.807, 2.05) is 12.1 Å². The molecule has 2 aliphatic heterocycles. The van der Waals surface area contributed by atoms with Crippen LogP contribution in [0.2, 0.25) is 0 Å². The smallest absolute Gasteiger partial charge is 0.251 e. The van der Waals surface area contributed by atoms with E-state index in [2.05, 4.69) is 40.0 Å². The van der Waals surface area contributed by atoms with Crippen molar-refractivity contribution in [3.05, 3.63) is 59.1 Å². The van der Waals surface area contributed by atoms with Gasteiger partial charge in [-0.25, -0.2) is 8.42 Å². The Bertz CT molecular complexity index is 1590. The van der Waals surface area contributed by atoms with Crippen LogP contribution in [0.5, 0.6) is 0 Å². The maximum atomic E-state index is 13.1. The summed E-state index contributed by atoms with van der Waals surface area (Å²) < 4.78 is 35.4. The molecule has 4 N–H and O–H groups in total. The highest BCUT2D eigenvalue weighted by molar-refractivity contribution is 7.93. The second-order valence-corrected chi connectivity index (χ2v) is 12.4. The number of nitrogens with one attached hydrogen (secondary N) is 1. The van der Waals surface area contributed by atoms with E-state index in [4.69, 9.17) is 4.74 Å². The van der Waals surface area contributed by atoms with Crippen molar-refractivity contribution in [1.29, 1.82) is 5.26 Å². The molecular formula is C30H36N4O6S. The van der Waals surface area contributed by atoms with Crippen LogP contribution in [0, 0.1) is 11.3 Å². The number of fused-ring (bicyclic) bond motifs is 1. The molecule has 218 valence electrons. The van der Waals surface area contributed by atoms with Crippen LogP contribution in [0.1, 0.15) is 38.3 Å². The van der Waals surface area contributed by atoms with E-state index in [1.54, 1.807) is 30.7 Å². The Balaban J connectivity index is 1.38. The van der Waals surface area contributed by atoms with Gasteiger partial charge in [0.25, 0.3) is 10.0 Å². The van der Waals surface area contributed by atoms with Crippen LogP contribution >= 0.6 is 0 Å². The normalized spacial score (nSPS) is 25.8. The van der Waals surface area contributed by atoms with Gasteiger partial charge in [-0.2, -0.15) is 9.98 Å². The average Bonchev–Trinajstić information content (AvgIpc) is 3.35. The topological polar surface area (TPSA) is 148 Å². The number of aliphatic hydroxyl groups excluding tert-OH is 3. The number of aliphatic hydroxyl groups is 3. The summed E-state index contributed by atoms with van der Waals surface area (Å²) in [4.78, 5) is 1.82. The second-order valence-electron chi connectivity index (χ2n) is 10.7. The standard InChI is InChI=1S/C30H36N4O6S/c1-3-26-28(35)29(36)27(30(37)40-26)32-41(38,39)24(18-31)17-22-11-12-25(33(22)2)21-8-7-20-16-23(10-9-19(20)15-21)34-13-5-4-6-14-34/h7-12,15-17,26-30,32,35-37H,3-6,13-14H2,1-2H3/b24-17+/t26-,27-,28-,29-,30?/m1/s1. The number of ether oxygens (including phenoxy) is 1. The Morgan fingerprint density at radius 3 is 2.46 bits per heavy atom. The summed E-state index contributed by atoms with van der Waals surface area (Å²) >= 11 is 0. The van der Waals surface area contributed by atoms with Crippen LogP contribution in [-0.4, -0.2) is 72.0 Å². The van der Waals surface area contributed by atoms with Crippen LogP contribution in [-0.2, 0) is 21.8 Å². The van der Waals surface area contributed by atoms with Crippen molar-refractivity contribution >= 4 is 32.6 Å². The van der Waals surface area contributed by atoms with Crippen molar-refractivity contribution in [1.82, 2.24) is 9.29 Å². The van der Waals surface area contributed by atoms with Crippen molar-refractivity contribution in [2.24, 2.45) is 7.05 Å². The van der Waals surface area contributed by atoms with E-state index in [1.165, 1.54) is 31.0 Å². The summed E-state index contributed by atoms with van der Waals surface area (Å²) in [5, 5.41) is 42.9. The largest absolute Gasteiger partial charge is 0.388 e. The summed E-state index contributed by atoms with van der Waals surface area (Å²) in [7, 11) is -2.70. The van der Waals surface area contributed by atoms with Gasteiger partial charge in [0.15, 0.2) is 11.2 Å². The van der Waals surface area contributed by atoms with Gasteiger partial charge in [-0.3, -0.25) is 0 Å². The second kappa shape index (κ2) is 11.9. The highest BCUT2D eigenvalue weighted by atomic mass is 32.2.